The maximum atomic E-state index is 13.4. The van der Waals surface area contributed by atoms with E-state index in [0.717, 1.165) is 17.5 Å². The van der Waals surface area contributed by atoms with Gasteiger partial charge in [-0.1, -0.05) is 30.0 Å². The first kappa shape index (κ1) is 15.1. The minimum atomic E-state index is -0.335. The summed E-state index contributed by atoms with van der Waals surface area (Å²) in [4.78, 5) is 0. The lowest BCUT2D eigenvalue weighted by atomic mass is 10.3. The van der Waals surface area contributed by atoms with E-state index in [-0.39, 0.29) is 11.6 Å². The fourth-order valence-electron chi connectivity index (χ4n) is 2.20. The molecule has 0 aliphatic heterocycles. The lowest BCUT2D eigenvalue weighted by Crippen LogP contribution is -2.05. The molecule has 0 radical (unpaired) electrons. The fraction of sp³-hybridized carbons (Fsp3) is 0.375. The number of allylic oxidation sites excluding steroid dienone is 1. The van der Waals surface area contributed by atoms with E-state index in [2.05, 4.69) is 21.3 Å². The van der Waals surface area contributed by atoms with Gasteiger partial charge in [-0.25, -0.2) is 4.39 Å². The van der Waals surface area contributed by atoms with Gasteiger partial charge in [0.1, 0.15) is 5.82 Å². The average Bonchev–Trinajstić information content (AvgIpc) is 3.29. The molecule has 1 fully saturated rings. The Kier molecular flexibility index (Phi) is 4.77. The highest BCUT2D eigenvalue weighted by molar-refractivity contribution is 7.99. The van der Waals surface area contributed by atoms with E-state index < -0.39 is 0 Å². The number of hydrogen-bond donors (Lipinski definition) is 0. The number of rotatable bonds is 8. The predicted molar refractivity (Wildman–Crippen MR) is 84.8 cm³/mol. The van der Waals surface area contributed by atoms with Crippen molar-refractivity contribution < 1.29 is 9.13 Å². The number of ether oxygens (including phenoxy) is 1. The summed E-state index contributed by atoms with van der Waals surface area (Å²) < 4.78 is 21.0. The molecule has 1 aliphatic carbocycles. The summed E-state index contributed by atoms with van der Waals surface area (Å²) in [5.74, 6) is 2.25. The zero-order chi connectivity index (χ0) is 15.4. The molecule has 22 heavy (non-hydrogen) atoms. The van der Waals surface area contributed by atoms with E-state index >= 15 is 0 Å². The van der Waals surface area contributed by atoms with E-state index in [4.69, 9.17) is 4.74 Å². The monoisotopic (exact) mass is 319 g/mol. The van der Waals surface area contributed by atoms with Crippen LogP contribution in [0.4, 0.5) is 4.39 Å². The van der Waals surface area contributed by atoms with E-state index in [9.17, 15) is 4.39 Å². The number of hydrogen-bond acceptors (Lipinski definition) is 4. The number of aromatic nitrogens is 3. The third-order valence-corrected chi connectivity index (χ3v) is 4.34. The summed E-state index contributed by atoms with van der Waals surface area (Å²) in [6.45, 7) is 4.93. The summed E-state index contributed by atoms with van der Waals surface area (Å²) >= 11 is 1.57. The van der Waals surface area contributed by atoms with Gasteiger partial charge in [0.15, 0.2) is 16.7 Å². The number of para-hydroxylation sites is 1. The number of benzene rings is 1. The van der Waals surface area contributed by atoms with Crippen molar-refractivity contribution in [2.45, 2.75) is 30.5 Å². The quantitative estimate of drug-likeness (QED) is 0.423. The van der Waals surface area contributed by atoms with Crippen LogP contribution in [0.1, 0.15) is 24.6 Å². The smallest absolute Gasteiger partial charge is 0.191 e. The van der Waals surface area contributed by atoms with Crippen LogP contribution < -0.4 is 4.74 Å². The maximum absolute atomic E-state index is 13.4. The lowest BCUT2D eigenvalue weighted by molar-refractivity contribution is 0.325. The van der Waals surface area contributed by atoms with Crippen LogP contribution in [0.3, 0.4) is 0 Å². The molecule has 6 heteroatoms. The number of thioether (sulfide) groups is 1. The first-order chi connectivity index (χ1) is 10.8. The highest BCUT2D eigenvalue weighted by Gasteiger charge is 2.30. The molecule has 116 valence electrons. The minimum Gasteiger partial charge on any atom is -0.490 e. The van der Waals surface area contributed by atoms with Gasteiger partial charge in [0.2, 0.25) is 0 Å². The molecule has 1 aliphatic rings. The zero-order valence-electron chi connectivity index (χ0n) is 12.2. The van der Waals surface area contributed by atoms with Crippen LogP contribution in [0, 0.1) is 5.82 Å². The van der Waals surface area contributed by atoms with Crippen LogP contribution >= 0.6 is 11.8 Å². The first-order valence-electron chi connectivity index (χ1n) is 7.33. The van der Waals surface area contributed by atoms with Crippen molar-refractivity contribution in [3.8, 4) is 5.75 Å². The molecule has 2 aromatic rings. The third kappa shape index (κ3) is 3.50. The van der Waals surface area contributed by atoms with Gasteiger partial charge in [0.25, 0.3) is 0 Å². The molecule has 0 unspecified atom stereocenters. The van der Waals surface area contributed by atoms with Gasteiger partial charge in [-0.15, -0.1) is 16.8 Å². The molecule has 4 nitrogen and oxygen atoms in total. The van der Waals surface area contributed by atoms with Crippen LogP contribution in [0.25, 0.3) is 0 Å². The predicted octanol–water partition coefficient (Wildman–Crippen LogP) is 3.65. The molecule has 0 atom stereocenters. The Morgan fingerprint density at radius 1 is 1.36 bits per heavy atom. The largest absolute Gasteiger partial charge is 0.490 e. The van der Waals surface area contributed by atoms with Crippen molar-refractivity contribution in [3.05, 3.63) is 48.6 Å². The molecular formula is C16H18FN3OS. The molecule has 1 saturated carbocycles. The van der Waals surface area contributed by atoms with Crippen molar-refractivity contribution in [1.82, 2.24) is 14.8 Å². The molecule has 1 aromatic carbocycles. The number of nitrogens with zero attached hydrogens (tertiary/aromatic N) is 3. The second-order valence-electron chi connectivity index (χ2n) is 5.14. The topological polar surface area (TPSA) is 39.9 Å². The van der Waals surface area contributed by atoms with Gasteiger partial charge in [-0.05, 0) is 25.0 Å². The van der Waals surface area contributed by atoms with Crippen molar-refractivity contribution in [3.63, 3.8) is 0 Å². The molecule has 0 spiro atoms. The lowest BCUT2D eigenvalue weighted by Gasteiger charge is -2.08. The standard InChI is InChI=1S/C16H18FN3OS/c1-2-9-20-15(12-7-8-12)18-19-16(20)22-11-10-21-14-6-4-3-5-13(14)17/h2-6,12H,1,7-11H2. The molecule has 0 saturated heterocycles. The maximum Gasteiger partial charge on any atom is 0.191 e. The van der Waals surface area contributed by atoms with Crippen LogP contribution in [-0.2, 0) is 6.54 Å². The van der Waals surface area contributed by atoms with E-state index in [1.807, 2.05) is 6.08 Å². The van der Waals surface area contributed by atoms with Gasteiger partial charge in [0, 0.05) is 18.2 Å². The highest BCUT2D eigenvalue weighted by Crippen LogP contribution is 2.40. The molecule has 3 rings (SSSR count). The first-order valence-corrected chi connectivity index (χ1v) is 8.32. The molecule has 0 bridgehead atoms. The molecule has 0 N–H and O–H groups in total. The van der Waals surface area contributed by atoms with Crippen molar-refractivity contribution in [2.24, 2.45) is 0 Å². The normalized spacial score (nSPS) is 14.0. The summed E-state index contributed by atoms with van der Waals surface area (Å²) in [5, 5.41) is 9.42. The van der Waals surface area contributed by atoms with E-state index in [1.165, 1.54) is 18.9 Å². The van der Waals surface area contributed by atoms with Crippen molar-refractivity contribution >= 4 is 11.8 Å². The second-order valence-corrected chi connectivity index (χ2v) is 6.20. The van der Waals surface area contributed by atoms with Gasteiger partial charge in [-0.2, -0.15) is 0 Å². The Morgan fingerprint density at radius 2 is 2.18 bits per heavy atom. The summed E-state index contributed by atoms with van der Waals surface area (Å²) in [6.07, 6.45) is 4.24. The fourth-order valence-corrected chi connectivity index (χ4v) is 2.97. The Morgan fingerprint density at radius 3 is 2.91 bits per heavy atom. The summed E-state index contributed by atoms with van der Waals surface area (Å²) in [6, 6.07) is 6.43. The minimum absolute atomic E-state index is 0.286. The van der Waals surface area contributed by atoms with Gasteiger partial charge in [-0.3, -0.25) is 0 Å². The van der Waals surface area contributed by atoms with E-state index in [1.54, 1.807) is 30.0 Å². The van der Waals surface area contributed by atoms with Crippen LogP contribution in [0.5, 0.6) is 5.75 Å². The van der Waals surface area contributed by atoms with E-state index in [0.29, 0.717) is 18.3 Å². The van der Waals surface area contributed by atoms with Crippen LogP contribution in [-0.4, -0.2) is 27.1 Å². The Hall–Kier alpha value is -1.82. The molecule has 1 aromatic heterocycles. The Bertz CT molecular complexity index is 655. The summed E-state index contributed by atoms with van der Waals surface area (Å²) in [7, 11) is 0. The van der Waals surface area contributed by atoms with Gasteiger partial charge < -0.3 is 9.30 Å². The Balaban J connectivity index is 1.55. The third-order valence-electron chi connectivity index (χ3n) is 3.41. The SMILES string of the molecule is C=CCn1c(SCCOc2ccccc2F)nnc1C1CC1. The number of halogens is 1. The van der Waals surface area contributed by atoms with Gasteiger partial charge >= 0.3 is 0 Å². The van der Waals surface area contributed by atoms with Crippen LogP contribution in [0.15, 0.2) is 42.1 Å². The summed E-state index contributed by atoms with van der Waals surface area (Å²) in [5.41, 5.74) is 0. The molecular weight excluding hydrogens is 301 g/mol. The average molecular weight is 319 g/mol. The molecule has 1 heterocycles. The van der Waals surface area contributed by atoms with Crippen LogP contribution in [0.2, 0.25) is 0 Å². The highest BCUT2D eigenvalue weighted by atomic mass is 32.2. The van der Waals surface area contributed by atoms with Crippen molar-refractivity contribution in [2.75, 3.05) is 12.4 Å². The molecule has 0 amide bonds. The zero-order valence-corrected chi connectivity index (χ0v) is 13.1. The van der Waals surface area contributed by atoms with Gasteiger partial charge in [0.05, 0.1) is 6.61 Å². The van der Waals surface area contributed by atoms with Crippen molar-refractivity contribution in [1.29, 1.82) is 0 Å². The Labute approximate surface area is 133 Å². The second kappa shape index (κ2) is 6.96.